The largest absolute Gasteiger partial charge is 0.479 e. The fraction of sp³-hybridized carbons (Fsp3) is 0.333. The summed E-state index contributed by atoms with van der Waals surface area (Å²) >= 11 is 0. The van der Waals surface area contributed by atoms with E-state index in [9.17, 15) is 9.59 Å². The third-order valence-electron chi connectivity index (χ3n) is 0.905. The number of carboxylic acid groups (broad SMARTS) is 2. The van der Waals surface area contributed by atoms with E-state index >= 15 is 0 Å². The van der Waals surface area contributed by atoms with Gasteiger partial charge in [-0.1, -0.05) is 6.08 Å². The van der Waals surface area contributed by atoms with Gasteiger partial charge in [-0.25, -0.2) is 9.59 Å². The lowest BCUT2D eigenvalue weighted by atomic mass is 10.2. The van der Waals surface area contributed by atoms with Crippen LogP contribution in [0.1, 0.15) is 6.42 Å². The molecule has 0 heterocycles. The van der Waals surface area contributed by atoms with E-state index in [1.807, 2.05) is 0 Å². The van der Waals surface area contributed by atoms with Gasteiger partial charge < -0.3 is 15.3 Å². The Balaban J connectivity index is 3.70. The summed E-state index contributed by atoms with van der Waals surface area (Å²) in [5.41, 5.74) is 0. The summed E-state index contributed by atoms with van der Waals surface area (Å²) < 4.78 is 0. The molecule has 1 unspecified atom stereocenters. The zero-order valence-electron chi connectivity index (χ0n) is 5.60. The van der Waals surface area contributed by atoms with Crippen LogP contribution in [0.3, 0.4) is 0 Å². The van der Waals surface area contributed by atoms with Gasteiger partial charge in [-0.05, 0) is 0 Å². The minimum atomic E-state index is -1.52. The average Bonchev–Trinajstić information content (AvgIpc) is 1.86. The van der Waals surface area contributed by atoms with Crippen molar-refractivity contribution in [3.8, 4) is 0 Å². The van der Waals surface area contributed by atoms with Gasteiger partial charge in [0.2, 0.25) is 0 Å². The maximum atomic E-state index is 9.94. The maximum absolute atomic E-state index is 9.94. The van der Waals surface area contributed by atoms with Gasteiger partial charge in [0.1, 0.15) is 0 Å². The molecular weight excluding hydrogens is 152 g/mol. The smallest absolute Gasteiger partial charge is 0.332 e. The molecule has 0 fully saturated rings. The number of carbonyl (C=O) groups is 2. The van der Waals surface area contributed by atoms with Gasteiger partial charge in [-0.15, -0.1) is 0 Å². The van der Waals surface area contributed by atoms with Crippen molar-refractivity contribution in [2.24, 2.45) is 0 Å². The standard InChI is InChI=1S/C6H8O5/c7-4(6(10)11)2-1-3-5(8)9/h1,3-4,7H,2H2,(H,8,9)(H,10,11)/b3-1+. The van der Waals surface area contributed by atoms with Crippen LogP contribution in [0.25, 0.3) is 0 Å². The van der Waals surface area contributed by atoms with Gasteiger partial charge in [-0.3, -0.25) is 0 Å². The molecule has 11 heavy (non-hydrogen) atoms. The van der Waals surface area contributed by atoms with Gasteiger partial charge in [0.25, 0.3) is 0 Å². The van der Waals surface area contributed by atoms with Gasteiger partial charge in [0, 0.05) is 12.5 Å². The molecule has 0 bridgehead atoms. The molecule has 0 aromatic rings. The number of aliphatic hydroxyl groups excluding tert-OH is 1. The first kappa shape index (κ1) is 9.64. The predicted molar refractivity (Wildman–Crippen MR) is 35.0 cm³/mol. The van der Waals surface area contributed by atoms with E-state index < -0.39 is 18.0 Å². The van der Waals surface area contributed by atoms with Crippen LogP contribution >= 0.6 is 0 Å². The van der Waals surface area contributed by atoms with Crippen LogP contribution in [-0.2, 0) is 9.59 Å². The molecule has 0 spiro atoms. The summed E-state index contributed by atoms with van der Waals surface area (Å²) in [5.74, 6) is -2.53. The van der Waals surface area contributed by atoms with E-state index in [0.717, 1.165) is 12.2 Å². The number of carboxylic acids is 2. The van der Waals surface area contributed by atoms with Crippen LogP contribution in [0, 0.1) is 0 Å². The molecule has 0 radical (unpaired) electrons. The Bertz CT molecular complexity index is 183. The average molecular weight is 160 g/mol. The Morgan fingerprint density at radius 3 is 2.27 bits per heavy atom. The van der Waals surface area contributed by atoms with Crippen molar-refractivity contribution in [1.29, 1.82) is 0 Å². The SMILES string of the molecule is O=C(O)/C=C/CC(O)C(=O)O. The molecule has 0 aromatic carbocycles. The summed E-state index contributed by atoms with van der Waals surface area (Å²) in [6, 6.07) is 0. The van der Waals surface area contributed by atoms with Crippen molar-refractivity contribution in [1.82, 2.24) is 0 Å². The molecule has 5 heteroatoms. The predicted octanol–water partition coefficient (Wildman–Crippen LogP) is -0.537. The molecular formula is C6H8O5. The van der Waals surface area contributed by atoms with Crippen LogP contribution in [0.15, 0.2) is 12.2 Å². The highest BCUT2D eigenvalue weighted by Crippen LogP contribution is 1.92. The minimum absolute atomic E-state index is 0.193. The Kier molecular flexibility index (Phi) is 3.90. The molecule has 0 saturated heterocycles. The highest BCUT2D eigenvalue weighted by molar-refractivity contribution is 5.80. The van der Waals surface area contributed by atoms with Gasteiger partial charge >= 0.3 is 11.9 Å². The monoisotopic (exact) mass is 160 g/mol. The zero-order valence-corrected chi connectivity index (χ0v) is 5.60. The molecule has 1 atom stereocenters. The van der Waals surface area contributed by atoms with Crippen molar-refractivity contribution in [2.45, 2.75) is 12.5 Å². The van der Waals surface area contributed by atoms with Crippen LogP contribution in [0.5, 0.6) is 0 Å². The summed E-state index contributed by atoms with van der Waals surface area (Å²) in [5, 5.41) is 24.8. The fourth-order valence-corrected chi connectivity index (χ4v) is 0.399. The zero-order chi connectivity index (χ0) is 8.85. The van der Waals surface area contributed by atoms with E-state index in [0.29, 0.717) is 0 Å². The summed E-state index contributed by atoms with van der Waals surface area (Å²) in [7, 11) is 0. The van der Waals surface area contributed by atoms with Crippen molar-refractivity contribution in [3.05, 3.63) is 12.2 Å². The number of hydrogen-bond acceptors (Lipinski definition) is 3. The van der Waals surface area contributed by atoms with Crippen molar-refractivity contribution in [3.63, 3.8) is 0 Å². The fourth-order valence-electron chi connectivity index (χ4n) is 0.399. The van der Waals surface area contributed by atoms with Crippen molar-refractivity contribution >= 4 is 11.9 Å². The van der Waals surface area contributed by atoms with Crippen LogP contribution < -0.4 is 0 Å². The van der Waals surface area contributed by atoms with Crippen LogP contribution in [0.2, 0.25) is 0 Å². The van der Waals surface area contributed by atoms with Crippen LogP contribution in [0.4, 0.5) is 0 Å². The van der Waals surface area contributed by atoms with Gasteiger partial charge in [-0.2, -0.15) is 0 Å². The Hall–Kier alpha value is -1.36. The Morgan fingerprint density at radius 1 is 1.36 bits per heavy atom. The topological polar surface area (TPSA) is 94.8 Å². The van der Waals surface area contributed by atoms with Gasteiger partial charge in [0.15, 0.2) is 6.10 Å². The quantitative estimate of drug-likeness (QED) is 0.480. The lowest BCUT2D eigenvalue weighted by molar-refractivity contribution is -0.146. The maximum Gasteiger partial charge on any atom is 0.332 e. The highest BCUT2D eigenvalue weighted by atomic mass is 16.4. The lowest BCUT2D eigenvalue weighted by Gasteiger charge is -1.97. The van der Waals surface area contributed by atoms with E-state index in [-0.39, 0.29) is 6.42 Å². The molecule has 0 aliphatic heterocycles. The molecule has 0 amide bonds. The third kappa shape index (κ3) is 5.10. The molecule has 62 valence electrons. The lowest BCUT2D eigenvalue weighted by Crippen LogP contribution is -2.18. The van der Waals surface area contributed by atoms with E-state index in [2.05, 4.69) is 0 Å². The van der Waals surface area contributed by atoms with Gasteiger partial charge in [0.05, 0.1) is 0 Å². The number of aliphatic hydroxyl groups is 1. The molecule has 0 aliphatic carbocycles. The number of rotatable bonds is 4. The molecule has 0 aliphatic rings. The molecule has 0 saturated carbocycles. The first-order valence-corrected chi connectivity index (χ1v) is 2.84. The normalized spacial score (nSPS) is 13.2. The number of hydrogen-bond donors (Lipinski definition) is 3. The van der Waals surface area contributed by atoms with Crippen molar-refractivity contribution < 1.29 is 24.9 Å². The van der Waals surface area contributed by atoms with Crippen molar-refractivity contribution in [2.75, 3.05) is 0 Å². The Morgan fingerprint density at radius 2 is 1.91 bits per heavy atom. The summed E-state index contributed by atoms with van der Waals surface area (Å²) in [4.78, 5) is 19.8. The summed E-state index contributed by atoms with van der Waals surface area (Å²) in [6.45, 7) is 0. The second-order valence-corrected chi connectivity index (χ2v) is 1.83. The number of aliphatic carboxylic acids is 2. The third-order valence-corrected chi connectivity index (χ3v) is 0.905. The first-order valence-electron chi connectivity index (χ1n) is 2.84. The van der Waals surface area contributed by atoms with E-state index in [1.165, 1.54) is 0 Å². The van der Waals surface area contributed by atoms with Crippen LogP contribution in [-0.4, -0.2) is 33.4 Å². The second-order valence-electron chi connectivity index (χ2n) is 1.83. The molecule has 5 nitrogen and oxygen atoms in total. The highest BCUT2D eigenvalue weighted by Gasteiger charge is 2.09. The summed E-state index contributed by atoms with van der Waals surface area (Å²) in [6.07, 6.45) is 0.153. The van der Waals surface area contributed by atoms with E-state index in [1.54, 1.807) is 0 Å². The first-order chi connectivity index (χ1) is 5.04. The minimum Gasteiger partial charge on any atom is -0.479 e. The molecule has 3 N–H and O–H groups in total. The Labute approximate surface area is 62.6 Å². The molecule has 0 aromatic heterocycles. The van der Waals surface area contributed by atoms with E-state index in [4.69, 9.17) is 15.3 Å². The second kappa shape index (κ2) is 4.45. The molecule has 0 rings (SSSR count).